The van der Waals surface area contributed by atoms with Crippen molar-refractivity contribution >= 4 is 6.09 Å². The van der Waals surface area contributed by atoms with Crippen molar-refractivity contribution in [2.24, 2.45) is 11.7 Å². The maximum atomic E-state index is 12.2. The zero-order valence-electron chi connectivity index (χ0n) is 16.4. The number of ether oxygens (including phenoxy) is 1. The van der Waals surface area contributed by atoms with Crippen molar-refractivity contribution in [3.8, 4) is 6.07 Å². The van der Waals surface area contributed by atoms with Crippen LogP contribution in [0.1, 0.15) is 64.0 Å². The van der Waals surface area contributed by atoms with E-state index in [0.717, 1.165) is 37.9 Å². The number of carbonyl (C=O) groups is 1. The lowest BCUT2D eigenvalue weighted by Crippen LogP contribution is -2.42. The second kappa shape index (κ2) is 8.55. The molecule has 0 unspecified atom stereocenters. The highest BCUT2D eigenvalue weighted by Gasteiger charge is 2.29. The molecular weight excluding hydrogens is 326 g/mol. The summed E-state index contributed by atoms with van der Waals surface area (Å²) < 4.78 is 5.46. The van der Waals surface area contributed by atoms with Gasteiger partial charge in [0.05, 0.1) is 11.6 Å². The summed E-state index contributed by atoms with van der Waals surface area (Å²) in [6.45, 7) is 9.15. The minimum Gasteiger partial charge on any atom is -0.444 e. The Bertz CT molecular complexity index is 650. The van der Waals surface area contributed by atoms with Crippen molar-refractivity contribution in [3.05, 3.63) is 35.4 Å². The molecule has 1 aliphatic heterocycles. The van der Waals surface area contributed by atoms with Gasteiger partial charge in [-0.25, -0.2) is 4.79 Å². The third-order valence-corrected chi connectivity index (χ3v) is 4.93. The van der Waals surface area contributed by atoms with Crippen molar-refractivity contribution in [1.29, 1.82) is 5.26 Å². The van der Waals surface area contributed by atoms with Gasteiger partial charge in [0.2, 0.25) is 0 Å². The molecule has 142 valence electrons. The molecule has 1 heterocycles. The van der Waals surface area contributed by atoms with Gasteiger partial charge in [0, 0.05) is 19.1 Å². The first kappa shape index (κ1) is 20.3. The van der Waals surface area contributed by atoms with E-state index in [1.807, 2.05) is 45.9 Å². The molecule has 26 heavy (non-hydrogen) atoms. The highest BCUT2D eigenvalue weighted by atomic mass is 16.6. The molecule has 2 atom stereocenters. The van der Waals surface area contributed by atoms with E-state index < -0.39 is 5.60 Å². The van der Waals surface area contributed by atoms with E-state index in [4.69, 9.17) is 15.7 Å². The summed E-state index contributed by atoms with van der Waals surface area (Å²) in [5.74, 6) is 0.747. The van der Waals surface area contributed by atoms with Crippen molar-refractivity contribution < 1.29 is 9.53 Å². The molecule has 0 saturated carbocycles. The summed E-state index contributed by atoms with van der Waals surface area (Å²) in [7, 11) is 0. The number of carbonyl (C=O) groups excluding carboxylic acids is 1. The second-order valence-corrected chi connectivity index (χ2v) is 8.35. The lowest BCUT2D eigenvalue weighted by Gasteiger charge is -2.35. The fraction of sp³-hybridized carbons (Fsp3) is 0.619. The largest absolute Gasteiger partial charge is 0.444 e. The Morgan fingerprint density at radius 1 is 1.38 bits per heavy atom. The van der Waals surface area contributed by atoms with Crippen molar-refractivity contribution in [2.75, 3.05) is 13.1 Å². The van der Waals surface area contributed by atoms with Crippen molar-refractivity contribution in [2.45, 2.75) is 64.5 Å². The molecule has 1 aromatic carbocycles. The van der Waals surface area contributed by atoms with E-state index in [1.165, 1.54) is 0 Å². The first-order valence-corrected chi connectivity index (χ1v) is 9.43. The van der Waals surface area contributed by atoms with Gasteiger partial charge in [0.1, 0.15) is 5.60 Å². The third-order valence-electron chi connectivity index (χ3n) is 4.93. The van der Waals surface area contributed by atoms with Crippen molar-refractivity contribution in [3.63, 3.8) is 0 Å². The molecule has 0 bridgehead atoms. The van der Waals surface area contributed by atoms with Crippen LogP contribution >= 0.6 is 0 Å². The quantitative estimate of drug-likeness (QED) is 0.882. The van der Waals surface area contributed by atoms with E-state index in [-0.39, 0.29) is 18.1 Å². The number of piperidine rings is 1. The van der Waals surface area contributed by atoms with E-state index >= 15 is 0 Å². The van der Waals surface area contributed by atoms with Gasteiger partial charge in [-0.2, -0.15) is 5.26 Å². The number of hydrogen-bond donors (Lipinski definition) is 1. The molecule has 5 nitrogen and oxygen atoms in total. The summed E-state index contributed by atoms with van der Waals surface area (Å²) in [4.78, 5) is 14.0. The molecular formula is C21H31N3O2. The molecule has 0 aromatic heterocycles. The number of benzene rings is 1. The Hall–Kier alpha value is -2.06. The normalized spacial score (nSPS) is 18.1. The maximum Gasteiger partial charge on any atom is 0.410 e. The van der Waals surface area contributed by atoms with Crippen LogP contribution in [0.3, 0.4) is 0 Å². The predicted octanol–water partition coefficient (Wildman–Crippen LogP) is 4.03. The van der Waals surface area contributed by atoms with Crippen LogP contribution in [-0.2, 0) is 4.74 Å². The molecule has 1 fully saturated rings. The summed E-state index contributed by atoms with van der Waals surface area (Å²) in [6.07, 6.45) is 2.68. The van der Waals surface area contributed by atoms with Crippen LogP contribution in [0.5, 0.6) is 0 Å². The minimum absolute atomic E-state index is 0.0211. The average Bonchev–Trinajstić information content (AvgIpc) is 2.58. The zero-order valence-corrected chi connectivity index (χ0v) is 16.4. The van der Waals surface area contributed by atoms with Crippen LogP contribution in [0.25, 0.3) is 0 Å². The van der Waals surface area contributed by atoms with E-state index in [1.54, 1.807) is 4.90 Å². The molecule has 5 heteroatoms. The summed E-state index contributed by atoms with van der Waals surface area (Å²) >= 11 is 0. The Morgan fingerprint density at radius 2 is 2.04 bits per heavy atom. The Balaban J connectivity index is 1.95. The zero-order chi connectivity index (χ0) is 19.3. The Kier molecular flexibility index (Phi) is 6.66. The molecule has 1 aliphatic rings. The molecule has 2 rings (SSSR count). The van der Waals surface area contributed by atoms with Crippen LogP contribution in [0.4, 0.5) is 4.79 Å². The van der Waals surface area contributed by atoms with Crippen LogP contribution in [0, 0.1) is 17.2 Å². The molecule has 1 aromatic rings. The van der Waals surface area contributed by atoms with Gasteiger partial charge in [-0.1, -0.05) is 12.1 Å². The highest BCUT2D eigenvalue weighted by Crippen LogP contribution is 2.32. The SMILES string of the molecule is C[C@H](N)[C@H](CC1CCN(C(=O)OC(C)(C)C)CC1)c1cccc(C#N)c1. The maximum absolute atomic E-state index is 12.2. The molecule has 0 aliphatic carbocycles. The minimum atomic E-state index is -0.459. The number of amides is 1. The number of rotatable bonds is 4. The number of hydrogen-bond acceptors (Lipinski definition) is 4. The second-order valence-electron chi connectivity index (χ2n) is 8.35. The topological polar surface area (TPSA) is 79.3 Å². The fourth-order valence-electron chi connectivity index (χ4n) is 3.53. The van der Waals surface area contributed by atoms with Gasteiger partial charge in [-0.15, -0.1) is 0 Å². The monoisotopic (exact) mass is 357 g/mol. The smallest absolute Gasteiger partial charge is 0.410 e. The van der Waals surface area contributed by atoms with Crippen molar-refractivity contribution in [1.82, 2.24) is 4.90 Å². The average molecular weight is 357 g/mol. The molecule has 2 N–H and O–H groups in total. The lowest BCUT2D eigenvalue weighted by atomic mass is 9.80. The first-order valence-electron chi connectivity index (χ1n) is 9.43. The predicted molar refractivity (Wildman–Crippen MR) is 103 cm³/mol. The van der Waals surface area contributed by atoms with Crippen LogP contribution in [0.2, 0.25) is 0 Å². The standard InChI is InChI=1S/C21H31N3O2/c1-15(23)19(18-7-5-6-17(12-18)14-22)13-16-8-10-24(11-9-16)20(25)26-21(2,3)4/h5-7,12,15-16,19H,8-11,13,23H2,1-4H3/t15-,19-/m0/s1. The Labute approximate surface area is 157 Å². The number of nitriles is 1. The summed E-state index contributed by atoms with van der Waals surface area (Å²) in [5.41, 5.74) is 7.60. The van der Waals surface area contributed by atoms with E-state index in [0.29, 0.717) is 11.5 Å². The summed E-state index contributed by atoms with van der Waals surface area (Å²) in [5, 5.41) is 9.14. The lowest BCUT2D eigenvalue weighted by molar-refractivity contribution is 0.0178. The van der Waals surface area contributed by atoms with Gasteiger partial charge < -0.3 is 15.4 Å². The summed E-state index contributed by atoms with van der Waals surface area (Å²) in [6, 6.07) is 9.98. The Morgan fingerprint density at radius 3 is 2.58 bits per heavy atom. The van der Waals surface area contributed by atoms with Crippen LogP contribution in [-0.4, -0.2) is 35.7 Å². The molecule has 1 amide bonds. The number of likely N-dealkylation sites (tertiary alicyclic amines) is 1. The van der Waals surface area contributed by atoms with Gasteiger partial charge in [0.25, 0.3) is 0 Å². The number of nitrogens with zero attached hydrogens (tertiary/aromatic N) is 2. The van der Waals surface area contributed by atoms with Gasteiger partial charge >= 0.3 is 6.09 Å². The molecule has 0 spiro atoms. The van der Waals surface area contributed by atoms with E-state index in [9.17, 15) is 4.79 Å². The third kappa shape index (κ3) is 5.74. The molecule has 1 saturated heterocycles. The molecule has 0 radical (unpaired) electrons. The fourth-order valence-corrected chi connectivity index (χ4v) is 3.53. The first-order chi connectivity index (χ1) is 12.2. The number of nitrogens with two attached hydrogens (primary N) is 1. The van der Waals surface area contributed by atoms with Gasteiger partial charge in [-0.05, 0) is 76.5 Å². The van der Waals surface area contributed by atoms with Gasteiger partial charge in [-0.3, -0.25) is 0 Å². The van der Waals surface area contributed by atoms with E-state index in [2.05, 4.69) is 12.1 Å². The van der Waals surface area contributed by atoms with Crippen LogP contribution < -0.4 is 5.73 Å². The highest BCUT2D eigenvalue weighted by molar-refractivity contribution is 5.68. The van der Waals surface area contributed by atoms with Crippen LogP contribution in [0.15, 0.2) is 24.3 Å². The van der Waals surface area contributed by atoms with Gasteiger partial charge in [0.15, 0.2) is 0 Å².